The molecule has 0 aliphatic rings. The zero-order chi connectivity index (χ0) is 13.1. The summed E-state index contributed by atoms with van der Waals surface area (Å²) >= 11 is 3.29. The van der Waals surface area contributed by atoms with Crippen molar-refractivity contribution in [1.29, 1.82) is 0 Å². The van der Waals surface area contributed by atoms with Crippen molar-refractivity contribution < 1.29 is 13.9 Å². The van der Waals surface area contributed by atoms with Gasteiger partial charge in [-0.05, 0) is 17.7 Å². The van der Waals surface area contributed by atoms with Crippen LogP contribution < -0.4 is 5.73 Å². The summed E-state index contributed by atoms with van der Waals surface area (Å²) in [5, 5.41) is 0. The van der Waals surface area contributed by atoms with E-state index in [1.54, 1.807) is 6.07 Å². The first-order valence-electron chi connectivity index (χ1n) is 5.15. The molecule has 0 spiro atoms. The Balaban J connectivity index is 3.11. The number of carbonyl (C=O) groups excluding carboxylic acids is 1. The maximum atomic E-state index is 13.0. The summed E-state index contributed by atoms with van der Waals surface area (Å²) < 4.78 is 18.3. The van der Waals surface area contributed by atoms with Crippen LogP contribution in [-0.4, -0.2) is 19.6 Å². The third kappa shape index (κ3) is 3.26. The van der Waals surface area contributed by atoms with Crippen LogP contribution in [0.3, 0.4) is 0 Å². The van der Waals surface area contributed by atoms with E-state index in [0.717, 1.165) is 5.56 Å². The lowest BCUT2D eigenvalue weighted by atomic mass is 9.79. The van der Waals surface area contributed by atoms with Crippen LogP contribution in [0, 0.1) is 5.82 Å². The highest BCUT2D eigenvalue weighted by Gasteiger charge is 2.30. The monoisotopic (exact) mass is 303 g/mol. The zero-order valence-corrected chi connectivity index (χ0v) is 11.4. The van der Waals surface area contributed by atoms with E-state index in [9.17, 15) is 9.18 Å². The lowest BCUT2D eigenvalue weighted by Gasteiger charge is -2.28. The average Bonchev–Trinajstić information content (AvgIpc) is 2.28. The molecule has 0 aliphatic carbocycles. The van der Waals surface area contributed by atoms with Crippen molar-refractivity contribution in [2.75, 3.05) is 13.7 Å². The highest BCUT2D eigenvalue weighted by atomic mass is 79.9. The fourth-order valence-corrected chi connectivity index (χ4v) is 2.48. The average molecular weight is 304 g/mol. The Hall–Kier alpha value is -0.940. The molecule has 0 fully saturated rings. The van der Waals surface area contributed by atoms with Crippen LogP contribution in [0.25, 0.3) is 0 Å². The second-order valence-electron chi connectivity index (χ2n) is 4.14. The largest absolute Gasteiger partial charge is 0.469 e. The van der Waals surface area contributed by atoms with Gasteiger partial charge in [-0.1, -0.05) is 28.9 Å². The minimum atomic E-state index is -0.570. The number of halogens is 2. The number of methoxy groups -OCH3 is 1. The van der Waals surface area contributed by atoms with E-state index < -0.39 is 5.41 Å². The van der Waals surface area contributed by atoms with Crippen LogP contribution in [0.15, 0.2) is 22.7 Å². The Morgan fingerprint density at radius 1 is 1.59 bits per heavy atom. The molecular formula is C12H15BrFNO2. The summed E-state index contributed by atoms with van der Waals surface area (Å²) in [5.74, 6) is -0.674. The first-order valence-corrected chi connectivity index (χ1v) is 5.94. The summed E-state index contributed by atoms with van der Waals surface area (Å²) in [5.41, 5.74) is 5.95. The molecule has 0 aromatic heterocycles. The fraction of sp³-hybridized carbons (Fsp3) is 0.417. The van der Waals surface area contributed by atoms with Gasteiger partial charge in [-0.15, -0.1) is 0 Å². The maximum absolute atomic E-state index is 13.0. The molecule has 0 saturated carbocycles. The number of esters is 1. The normalized spacial score (nSPS) is 14.2. The number of carbonyl (C=O) groups is 1. The minimum Gasteiger partial charge on any atom is -0.469 e. The molecule has 1 unspecified atom stereocenters. The van der Waals surface area contributed by atoms with Gasteiger partial charge in [-0.3, -0.25) is 4.79 Å². The van der Waals surface area contributed by atoms with E-state index in [-0.39, 0.29) is 24.8 Å². The first-order chi connectivity index (χ1) is 7.92. The van der Waals surface area contributed by atoms with Crippen LogP contribution in [0.4, 0.5) is 4.39 Å². The molecule has 1 rings (SSSR count). The van der Waals surface area contributed by atoms with Crippen molar-refractivity contribution in [2.24, 2.45) is 5.73 Å². The smallest absolute Gasteiger partial charge is 0.306 e. The minimum absolute atomic E-state index is 0.157. The highest BCUT2D eigenvalue weighted by Crippen LogP contribution is 2.33. The summed E-state index contributed by atoms with van der Waals surface area (Å²) in [6.45, 7) is 2.12. The molecule has 1 aromatic rings. The van der Waals surface area contributed by atoms with Crippen molar-refractivity contribution in [2.45, 2.75) is 18.8 Å². The number of hydrogen-bond donors (Lipinski definition) is 1. The SMILES string of the molecule is COC(=O)CC(C)(CN)c1ccc(F)cc1Br. The quantitative estimate of drug-likeness (QED) is 0.869. The van der Waals surface area contributed by atoms with Gasteiger partial charge in [0.1, 0.15) is 5.82 Å². The van der Waals surface area contributed by atoms with Crippen LogP contribution in [0.2, 0.25) is 0 Å². The zero-order valence-electron chi connectivity index (χ0n) is 9.80. The number of nitrogens with two attached hydrogens (primary N) is 1. The number of hydrogen-bond acceptors (Lipinski definition) is 3. The van der Waals surface area contributed by atoms with Gasteiger partial charge in [-0.2, -0.15) is 0 Å². The van der Waals surface area contributed by atoms with Gasteiger partial charge in [0.15, 0.2) is 0 Å². The maximum Gasteiger partial charge on any atom is 0.306 e. The highest BCUT2D eigenvalue weighted by molar-refractivity contribution is 9.10. The first kappa shape index (κ1) is 14.1. The molecule has 94 valence electrons. The van der Waals surface area contributed by atoms with Gasteiger partial charge in [0, 0.05) is 16.4 Å². The molecule has 1 aromatic carbocycles. The lowest BCUT2D eigenvalue weighted by molar-refractivity contribution is -0.141. The van der Waals surface area contributed by atoms with Crippen molar-refractivity contribution in [3.05, 3.63) is 34.1 Å². The van der Waals surface area contributed by atoms with Gasteiger partial charge in [0.25, 0.3) is 0 Å². The van der Waals surface area contributed by atoms with Crippen LogP contribution >= 0.6 is 15.9 Å². The molecular weight excluding hydrogens is 289 g/mol. The fourth-order valence-electron chi connectivity index (χ4n) is 1.65. The topological polar surface area (TPSA) is 52.3 Å². The number of rotatable bonds is 4. The molecule has 2 N–H and O–H groups in total. The Morgan fingerprint density at radius 2 is 2.24 bits per heavy atom. The summed E-state index contributed by atoms with van der Waals surface area (Å²) in [7, 11) is 1.33. The summed E-state index contributed by atoms with van der Waals surface area (Å²) in [6.07, 6.45) is 0.157. The second-order valence-corrected chi connectivity index (χ2v) is 5.00. The van der Waals surface area contributed by atoms with E-state index in [0.29, 0.717) is 4.47 Å². The van der Waals surface area contributed by atoms with E-state index in [1.165, 1.54) is 19.2 Å². The Kier molecular flexibility index (Phi) is 4.65. The summed E-state index contributed by atoms with van der Waals surface area (Å²) in [6, 6.07) is 4.35. The van der Waals surface area contributed by atoms with Crippen molar-refractivity contribution >= 4 is 21.9 Å². The van der Waals surface area contributed by atoms with Gasteiger partial charge in [0.2, 0.25) is 0 Å². The Bertz CT molecular complexity index is 425. The molecule has 17 heavy (non-hydrogen) atoms. The van der Waals surface area contributed by atoms with Crippen molar-refractivity contribution in [1.82, 2.24) is 0 Å². The molecule has 0 aliphatic heterocycles. The number of benzene rings is 1. The molecule has 3 nitrogen and oxygen atoms in total. The van der Waals surface area contributed by atoms with Gasteiger partial charge >= 0.3 is 5.97 Å². The van der Waals surface area contributed by atoms with Crippen LogP contribution in [0.1, 0.15) is 18.9 Å². The van der Waals surface area contributed by atoms with E-state index in [2.05, 4.69) is 20.7 Å². The third-order valence-electron chi connectivity index (χ3n) is 2.79. The third-order valence-corrected chi connectivity index (χ3v) is 3.45. The molecule has 0 saturated heterocycles. The second kappa shape index (κ2) is 5.60. The van der Waals surface area contributed by atoms with E-state index in [4.69, 9.17) is 5.73 Å². The van der Waals surface area contributed by atoms with Crippen LogP contribution in [-0.2, 0) is 14.9 Å². The van der Waals surface area contributed by atoms with Crippen molar-refractivity contribution in [3.63, 3.8) is 0 Å². The molecule has 1 atom stereocenters. The lowest BCUT2D eigenvalue weighted by Crippen LogP contribution is -2.35. The van der Waals surface area contributed by atoms with Gasteiger partial charge in [0.05, 0.1) is 13.5 Å². The molecule has 0 heterocycles. The molecule has 5 heteroatoms. The van der Waals surface area contributed by atoms with Gasteiger partial charge < -0.3 is 10.5 Å². The Morgan fingerprint density at radius 3 is 2.71 bits per heavy atom. The van der Waals surface area contributed by atoms with E-state index in [1.807, 2.05) is 6.92 Å². The molecule has 0 amide bonds. The standard InChI is InChI=1S/C12H15BrFNO2/c1-12(7-15,6-11(16)17-2)9-4-3-8(14)5-10(9)13/h3-5H,6-7,15H2,1-2H3. The van der Waals surface area contributed by atoms with Gasteiger partial charge in [-0.25, -0.2) is 4.39 Å². The predicted octanol–water partition coefficient (Wildman–Crippen LogP) is 2.37. The Labute approximate surface area is 108 Å². The molecule has 0 radical (unpaired) electrons. The van der Waals surface area contributed by atoms with Crippen molar-refractivity contribution in [3.8, 4) is 0 Å². The predicted molar refractivity (Wildman–Crippen MR) is 67.1 cm³/mol. The van der Waals surface area contributed by atoms with E-state index >= 15 is 0 Å². The summed E-state index contributed by atoms with van der Waals surface area (Å²) in [4.78, 5) is 11.4. The van der Waals surface area contributed by atoms with Crippen LogP contribution in [0.5, 0.6) is 0 Å². The molecule has 0 bridgehead atoms. The number of ether oxygens (including phenoxy) is 1.